The number of benzene rings is 2. The molecule has 1 heterocycles. The molecule has 1 amide bonds. The standard InChI is InChI=1S/C22H24N4O2S/c1-3-14-26-15-21(28-19-8-6-5-7-9-19)24-22(25-26)29-16-20(27)23-18-12-10-17(4-2)11-13-18/h3,5-13H,1,4,14-16H2,2H3,(H,23,27). The van der Waals surface area contributed by atoms with E-state index in [1.54, 1.807) is 6.08 Å². The summed E-state index contributed by atoms with van der Waals surface area (Å²) in [5.41, 5.74) is 2.01. The molecule has 1 aliphatic heterocycles. The fourth-order valence-corrected chi connectivity index (χ4v) is 3.29. The van der Waals surface area contributed by atoms with Gasteiger partial charge in [0.15, 0.2) is 0 Å². The Bertz CT molecular complexity index is 895. The number of nitrogens with zero attached hydrogens (tertiary/aromatic N) is 3. The molecule has 0 atom stereocenters. The van der Waals surface area contributed by atoms with Crippen LogP contribution in [0.15, 0.2) is 77.3 Å². The van der Waals surface area contributed by atoms with Gasteiger partial charge in [-0.05, 0) is 36.2 Å². The number of amides is 1. The largest absolute Gasteiger partial charge is 0.441 e. The molecule has 1 N–H and O–H groups in total. The number of thioether (sulfide) groups is 1. The Morgan fingerprint density at radius 3 is 2.69 bits per heavy atom. The molecule has 0 aromatic heterocycles. The van der Waals surface area contributed by atoms with Gasteiger partial charge in [0, 0.05) is 5.69 Å². The van der Waals surface area contributed by atoms with Crippen LogP contribution in [-0.2, 0) is 11.2 Å². The maximum Gasteiger partial charge on any atom is 0.234 e. The SMILES string of the molecule is C=CCN1CC(Oc2ccccc2)=NC(SCC(=O)Nc2ccc(CC)cc2)=N1. The van der Waals surface area contributed by atoms with Gasteiger partial charge in [0.25, 0.3) is 0 Å². The van der Waals surface area contributed by atoms with Gasteiger partial charge in [0.2, 0.25) is 17.0 Å². The van der Waals surface area contributed by atoms with E-state index in [4.69, 9.17) is 4.74 Å². The van der Waals surface area contributed by atoms with Gasteiger partial charge in [0.1, 0.15) is 12.3 Å². The molecular formula is C22H24N4O2S. The molecule has 1 aliphatic rings. The van der Waals surface area contributed by atoms with Gasteiger partial charge in [-0.3, -0.25) is 9.80 Å². The highest BCUT2D eigenvalue weighted by atomic mass is 32.2. The number of amidine groups is 1. The first-order valence-corrected chi connectivity index (χ1v) is 10.4. The fourth-order valence-electron chi connectivity index (χ4n) is 2.62. The summed E-state index contributed by atoms with van der Waals surface area (Å²) in [6.07, 6.45) is 2.74. The molecule has 2 aromatic rings. The second kappa shape index (κ2) is 10.5. The summed E-state index contributed by atoms with van der Waals surface area (Å²) in [6, 6.07) is 17.3. The van der Waals surface area contributed by atoms with E-state index >= 15 is 0 Å². The average molecular weight is 409 g/mol. The van der Waals surface area contributed by atoms with Crippen molar-refractivity contribution in [3.63, 3.8) is 0 Å². The molecule has 0 aliphatic carbocycles. The van der Waals surface area contributed by atoms with E-state index in [1.807, 2.05) is 59.6 Å². The average Bonchev–Trinajstić information content (AvgIpc) is 2.74. The zero-order valence-corrected chi connectivity index (χ0v) is 17.2. The lowest BCUT2D eigenvalue weighted by molar-refractivity contribution is -0.113. The van der Waals surface area contributed by atoms with Crippen LogP contribution in [0, 0.1) is 0 Å². The highest BCUT2D eigenvalue weighted by Gasteiger charge is 2.18. The summed E-state index contributed by atoms with van der Waals surface area (Å²) >= 11 is 1.27. The van der Waals surface area contributed by atoms with Crippen LogP contribution in [0.2, 0.25) is 0 Å². The monoisotopic (exact) mass is 408 g/mol. The molecule has 0 unspecified atom stereocenters. The third kappa shape index (κ3) is 6.50. The molecule has 3 rings (SSSR count). The van der Waals surface area contributed by atoms with E-state index in [0.717, 1.165) is 12.1 Å². The number of hydrogen-bond acceptors (Lipinski definition) is 6. The van der Waals surface area contributed by atoms with E-state index in [-0.39, 0.29) is 11.7 Å². The van der Waals surface area contributed by atoms with E-state index in [0.29, 0.717) is 29.9 Å². The molecule has 7 heteroatoms. The van der Waals surface area contributed by atoms with Gasteiger partial charge in [0.05, 0.1) is 12.3 Å². The zero-order valence-electron chi connectivity index (χ0n) is 16.4. The highest BCUT2D eigenvalue weighted by molar-refractivity contribution is 8.14. The molecule has 0 fully saturated rings. The highest BCUT2D eigenvalue weighted by Crippen LogP contribution is 2.17. The number of carbonyl (C=O) groups excluding carboxylic acids is 1. The molecule has 0 radical (unpaired) electrons. The number of carbonyl (C=O) groups is 1. The van der Waals surface area contributed by atoms with Gasteiger partial charge < -0.3 is 10.1 Å². The molecule has 0 saturated heterocycles. The van der Waals surface area contributed by atoms with E-state index in [1.165, 1.54) is 17.3 Å². The third-order valence-electron chi connectivity index (χ3n) is 4.06. The van der Waals surface area contributed by atoms with Crippen LogP contribution in [0.1, 0.15) is 12.5 Å². The first kappa shape index (κ1) is 20.7. The summed E-state index contributed by atoms with van der Waals surface area (Å²) in [7, 11) is 0. The van der Waals surface area contributed by atoms with Crippen molar-refractivity contribution >= 4 is 34.4 Å². The number of para-hydroxylation sites is 1. The Labute approximate surface area is 175 Å². The Kier molecular flexibility index (Phi) is 7.47. The number of nitrogens with one attached hydrogen (secondary N) is 1. The molecular weight excluding hydrogens is 384 g/mol. The Hall–Kier alpha value is -3.06. The Morgan fingerprint density at radius 2 is 2.00 bits per heavy atom. The number of hydrogen-bond donors (Lipinski definition) is 1. The zero-order chi connectivity index (χ0) is 20.5. The van der Waals surface area contributed by atoms with Crippen molar-refractivity contribution in [3.8, 4) is 5.75 Å². The smallest absolute Gasteiger partial charge is 0.234 e. The van der Waals surface area contributed by atoms with Gasteiger partial charge in [-0.1, -0.05) is 55.1 Å². The van der Waals surface area contributed by atoms with Crippen LogP contribution in [0.5, 0.6) is 5.75 Å². The van der Waals surface area contributed by atoms with E-state index in [9.17, 15) is 4.79 Å². The van der Waals surface area contributed by atoms with E-state index in [2.05, 4.69) is 28.9 Å². The normalized spacial score (nSPS) is 13.3. The maximum atomic E-state index is 12.3. The Balaban J connectivity index is 1.60. The predicted molar refractivity (Wildman–Crippen MR) is 121 cm³/mol. The lowest BCUT2D eigenvalue weighted by Gasteiger charge is -2.23. The summed E-state index contributed by atoms with van der Waals surface area (Å²) in [5, 5.41) is 9.65. The van der Waals surface area contributed by atoms with Crippen LogP contribution >= 0.6 is 11.8 Å². The Morgan fingerprint density at radius 1 is 1.24 bits per heavy atom. The van der Waals surface area contributed by atoms with Crippen molar-refractivity contribution in [1.29, 1.82) is 0 Å². The summed E-state index contributed by atoms with van der Waals surface area (Å²) < 4.78 is 5.87. The number of aryl methyl sites for hydroxylation is 1. The second-order valence-electron chi connectivity index (χ2n) is 6.33. The number of hydrazone groups is 1. The topological polar surface area (TPSA) is 66.3 Å². The molecule has 6 nitrogen and oxygen atoms in total. The van der Waals surface area contributed by atoms with Gasteiger partial charge in [-0.15, -0.1) is 11.7 Å². The van der Waals surface area contributed by atoms with Crippen LogP contribution in [0.3, 0.4) is 0 Å². The first-order valence-electron chi connectivity index (χ1n) is 9.42. The number of ether oxygens (including phenoxy) is 1. The maximum absolute atomic E-state index is 12.3. The van der Waals surface area contributed by atoms with Crippen LogP contribution in [0.25, 0.3) is 0 Å². The van der Waals surface area contributed by atoms with Crippen LogP contribution < -0.4 is 10.1 Å². The molecule has 0 saturated carbocycles. The van der Waals surface area contributed by atoms with Gasteiger partial charge >= 0.3 is 0 Å². The minimum Gasteiger partial charge on any atom is -0.441 e. The van der Waals surface area contributed by atoms with Crippen molar-refractivity contribution in [3.05, 3.63) is 72.8 Å². The van der Waals surface area contributed by atoms with Gasteiger partial charge in [-0.25, -0.2) is 0 Å². The molecule has 2 aromatic carbocycles. The lowest BCUT2D eigenvalue weighted by Crippen LogP contribution is -2.33. The summed E-state index contributed by atoms with van der Waals surface area (Å²) in [5.74, 6) is 1.34. The van der Waals surface area contributed by atoms with E-state index < -0.39 is 0 Å². The minimum atomic E-state index is -0.108. The molecule has 150 valence electrons. The fraction of sp³-hybridized carbons (Fsp3) is 0.227. The number of aliphatic imine (C=N–C) groups is 1. The number of rotatable bonds is 7. The second-order valence-corrected chi connectivity index (χ2v) is 7.27. The summed E-state index contributed by atoms with van der Waals surface area (Å²) in [6.45, 7) is 6.87. The molecule has 0 spiro atoms. The molecule has 0 bridgehead atoms. The van der Waals surface area contributed by atoms with Gasteiger partial charge in [-0.2, -0.15) is 4.99 Å². The molecule has 29 heavy (non-hydrogen) atoms. The van der Waals surface area contributed by atoms with Crippen LogP contribution in [0.4, 0.5) is 5.69 Å². The quantitative estimate of drug-likeness (QED) is 0.699. The third-order valence-corrected chi connectivity index (χ3v) is 4.90. The van der Waals surface area contributed by atoms with Crippen molar-refractivity contribution in [2.75, 3.05) is 24.2 Å². The van der Waals surface area contributed by atoms with Crippen molar-refractivity contribution in [1.82, 2.24) is 5.01 Å². The lowest BCUT2D eigenvalue weighted by atomic mass is 10.1. The van der Waals surface area contributed by atoms with Crippen molar-refractivity contribution in [2.45, 2.75) is 13.3 Å². The first-order chi connectivity index (χ1) is 14.2. The number of anilines is 1. The van der Waals surface area contributed by atoms with Crippen molar-refractivity contribution < 1.29 is 9.53 Å². The predicted octanol–water partition coefficient (Wildman–Crippen LogP) is 4.17. The van der Waals surface area contributed by atoms with Crippen molar-refractivity contribution in [2.24, 2.45) is 10.1 Å². The summed E-state index contributed by atoms with van der Waals surface area (Å²) in [4.78, 5) is 16.8. The van der Waals surface area contributed by atoms with Crippen LogP contribution in [-0.4, -0.2) is 40.8 Å². The minimum absolute atomic E-state index is 0.108.